The summed E-state index contributed by atoms with van der Waals surface area (Å²) < 4.78 is 16.2. The Hall–Kier alpha value is -3.37. The first-order valence-electron chi connectivity index (χ1n) is 11.3. The number of halogens is 1. The molecule has 3 N–H and O–H groups in total. The molecule has 1 amide bonds. The highest BCUT2D eigenvalue weighted by Gasteiger charge is 2.21. The number of aromatic nitrogens is 2. The van der Waals surface area contributed by atoms with Gasteiger partial charge in [-0.05, 0) is 55.0 Å². The van der Waals surface area contributed by atoms with Gasteiger partial charge >= 0.3 is 0 Å². The van der Waals surface area contributed by atoms with Gasteiger partial charge in [-0.25, -0.2) is 9.38 Å². The first kappa shape index (κ1) is 22.4. The quantitative estimate of drug-likeness (QED) is 0.496. The summed E-state index contributed by atoms with van der Waals surface area (Å²) in [5.41, 5.74) is 5.94. The summed E-state index contributed by atoms with van der Waals surface area (Å²) in [5, 5.41) is 20.3. The SMILES string of the molecule is O=C(Nc1cc(C2CC(=Nc3ccn(CCO)n3)C=NN2)ccc1F)c1cc2c(s1)CCCC2. The van der Waals surface area contributed by atoms with Gasteiger partial charge in [-0.1, -0.05) is 6.07 Å². The molecule has 0 saturated carbocycles. The monoisotopic (exact) mass is 480 g/mol. The Morgan fingerprint density at radius 1 is 1.29 bits per heavy atom. The molecule has 2 aliphatic rings. The summed E-state index contributed by atoms with van der Waals surface area (Å²) in [6, 6.07) is 8.17. The Kier molecular flexibility index (Phi) is 6.50. The summed E-state index contributed by atoms with van der Waals surface area (Å²) in [4.78, 5) is 19.2. The van der Waals surface area contributed by atoms with E-state index in [1.54, 1.807) is 35.3 Å². The van der Waals surface area contributed by atoms with Crippen molar-refractivity contribution in [2.45, 2.75) is 44.7 Å². The lowest BCUT2D eigenvalue weighted by molar-refractivity contribution is 0.103. The van der Waals surface area contributed by atoms with Crippen molar-refractivity contribution in [3.8, 4) is 0 Å². The number of aliphatic hydroxyl groups excluding tert-OH is 1. The fourth-order valence-corrected chi connectivity index (χ4v) is 5.35. The van der Waals surface area contributed by atoms with Crippen LogP contribution in [0.3, 0.4) is 0 Å². The van der Waals surface area contributed by atoms with E-state index in [0.717, 1.165) is 37.0 Å². The zero-order valence-corrected chi connectivity index (χ0v) is 19.3. The summed E-state index contributed by atoms with van der Waals surface area (Å²) in [6.45, 7) is 0.407. The Morgan fingerprint density at radius 2 is 2.18 bits per heavy atom. The number of rotatable bonds is 6. The molecule has 176 valence electrons. The molecule has 0 fully saturated rings. The first-order chi connectivity index (χ1) is 16.6. The van der Waals surface area contributed by atoms with Crippen LogP contribution in [0.4, 0.5) is 15.9 Å². The average Bonchev–Trinajstić information content (AvgIpc) is 3.48. The lowest BCUT2D eigenvalue weighted by Crippen LogP contribution is -2.26. The number of carbonyl (C=O) groups excluding carboxylic acids is 1. The second kappa shape index (κ2) is 9.86. The number of nitrogens with one attached hydrogen (secondary N) is 2. The van der Waals surface area contributed by atoms with Gasteiger partial charge in [-0.15, -0.1) is 11.3 Å². The highest BCUT2D eigenvalue weighted by Crippen LogP contribution is 2.31. The molecule has 1 aliphatic heterocycles. The van der Waals surface area contributed by atoms with E-state index >= 15 is 0 Å². The second-order valence-corrected chi connectivity index (χ2v) is 9.50. The van der Waals surface area contributed by atoms with E-state index in [9.17, 15) is 9.18 Å². The van der Waals surface area contributed by atoms with Crippen LogP contribution < -0.4 is 10.7 Å². The standard InChI is InChI=1S/C24H25FN6O2S/c25-18-6-5-15(11-20(18)28-24(33)22-12-16-3-1-2-4-21(16)34-22)19-13-17(14-26-29-19)27-23-7-8-31(30-23)9-10-32/h5-8,11-12,14,19,29,32H,1-4,9-10,13H2,(H,28,33). The third-order valence-corrected chi connectivity index (χ3v) is 7.17. The number of benzene rings is 1. The van der Waals surface area contributed by atoms with Gasteiger partial charge in [0.15, 0.2) is 5.82 Å². The fourth-order valence-electron chi connectivity index (χ4n) is 4.20. The topological polar surface area (TPSA) is 104 Å². The maximum atomic E-state index is 14.6. The molecule has 0 bridgehead atoms. The number of thiophene rings is 1. The van der Waals surface area contributed by atoms with Crippen LogP contribution in [0.2, 0.25) is 0 Å². The molecule has 0 radical (unpaired) electrons. The van der Waals surface area contributed by atoms with Crippen LogP contribution in [0.25, 0.3) is 0 Å². The van der Waals surface area contributed by atoms with Crippen molar-refractivity contribution in [3.05, 3.63) is 63.2 Å². The Balaban J connectivity index is 1.31. The van der Waals surface area contributed by atoms with Crippen LogP contribution in [0.1, 0.15) is 51.0 Å². The summed E-state index contributed by atoms with van der Waals surface area (Å²) in [6.07, 6.45) is 8.22. The average molecular weight is 481 g/mol. The predicted molar refractivity (Wildman–Crippen MR) is 131 cm³/mol. The molecular formula is C24H25FN6O2S. The van der Waals surface area contributed by atoms with E-state index in [4.69, 9.17) is 5.11 Å². The largest absolute Gasteiger partial charge is 0.394 e. The number of carbonyl (C=O) groups is 1. The minimum absolute atomic E-state index is 0.00336. The van der Waals surface area contributed by atoms with Crippen molar-refractivity contribution in [1.29, 1.82) is 0 Å². The smallest absolute Gasteiger partial charge is 0.265 e. The van der Waals surface area contributed by atoms with Crippen molar-refractivity contribution < 1.29 is 14.3 Å². The zero-order chi connectivity index (χ0) is 23.5. The van der Waals surface area contributed by atoms with Gasteiger partial charge in [0.25, 0.3) is 5.91 Å². The Bertz CT molecular complexity index is 1240. The zero-order valence-electron chi connectivity index (χ0n) is 18.5. The normalized spacial score (nSPS) is 18.5. The van der Waals surface area contributed by atoms with E-state index in [-0.39, 0.29) is 24.2 Å². The molecule has 34 heavy (non-hydrogen) atoms. The molecular weight excluding hydrogens is 455 g/mol. The number of aliphatic imine (C=N–C) groups is 1. The number of nitrogens with zero attached hydrogens (tertiary/aromatic N) is 4. The van der Waals surface area contributed by atoms with Gasteiger partial charge in [0.2, 0.25) is 0 Å². The maximum absolute atomic E-state index is 14.6. The highest BCUT2D eigenvalue weighted by atomic mass is 32.1. The molecule has 0 spiro atoms. The number of anilines is 1. The highest BCUT2D eigenvalue weighted by molar-refractivity contribution is 7.14. The number of amides is 1. The van der Waals surface area contributed by atoms with Gasteiger partial charge in [0, 0.05) is 23.6 Å². The molecule has 3 heterocycles. The van der Waals surface area contributed by atoms with Crippen LogP contribution in [-0.2, 0) is 19.4 Å². The van der Waals surface area contributed by atoms with E-state index in [1.807, 2.05) is 6.07 Å². The van der Waals surface area contributed by atoms with Crippen molar-refractivity contribution in [2.75, 3.05) is 11.9 Å². The molecule has 1 unspecified atom stereocenters. The Labute approximate surface area is 200 Å². The summed E-state index contributed by atoms with van der Waals surface area (Å²) in [7, 11) is 0. The van der Waals surface area contributed by atoms with Gasteiger partial charge in [-0.3, -0.25) is 9.48 Å². The van der Waals surface area contributed by atoms with E-state index in [1.165, 1.54) is 27.8 Å². The molecule has 5 rings (SSSR count). The van der Waals surface area contributed by atoms with E-state index < -0.39 is 5.82 Å². The van der Waals surface area contributed by atoms with Gasteiger partial charge < -0.3 is 15.8 Å². The molecule has 1 aliphatic carbocycles. The number of hydrazone groups is 1. The molecule has 2 aromatic heterocycles. The predicted octanol–water partition coefficient (Wildman–Crippen LogP) is 4.00. The van der Waals surface area contributed by atoms with Crippen molar-refractivity contribution in [2.24, 2.45) is 10.1 Å². The number of hydrogen-bond donors (Lipinski definition) is 3. The fraction of sp³-hybridized carbons (Fsp3) is 0.333. The van der Waals surface area contributed by atoms with Gasteiger partial charge in [0.05, 0.1) is 41.7 Å². The first-order valence-corrected chi connectivity index (χ1v) is 12.1. The minimum atomic E-state index is -0.485. The minimum Gasteiger partial charge on any atom is -0.394 e. The van der Waals surface area contributed by atoms with Crippen LogP contribution in [0, 0.1) is 5.82 Å². The third kappa shape index (κ3) is 4.92. The number of aryl methyl sites for hydroxylation is 2. The second-order valence-electron chi connectivity index (χ2n) is 8.37. The number of aliphatic hydroxyl groups is 1. The van der Waals surface area contributed by atoms with E-state index in [0.29, 0.717) is 23.7 Å². The van der Waals surface area contributed by atoms with Crippen molar-refractivity contribution in [1.82, 2.24) is 15.2 Å². The summed E-state index contributed by atoms with van der Waals surface area (Å²) in [5.74, 6) is -0.243. The Morgan fingerprint density at radius 3 is 3.03 bits per heavy atom. The third-order valence-electron chi connectivity index (χ3n) is 5.93. The molecule has 8 nitrogen and oxygen atoms in total. The van der Waals surface area contributed by atoms with Gasteiger partial charge in [0.1, 0.15) is 5.82 Å². The van der Waals surface area contributed by atoms with Crippen LogP contribution >= 0.6 is 11.3 Å². The van der Waals surface area contributed by atoms with Gasteiger partial charge in [-0.2, -0.15) is 10.2 Å². The molecule has 1 aromatic carbocycles. The van der Waals surface area contributed by atoms with Crippen LogP contribution in [0.5, 0.6) is 0 Å². The van der Waals surface area contributed by atoms with Crippen LogP contribution in [0.15, 0.2) is 46.6 Å². The van der Waals surface area contributed by atoms with E-state index in [2.05, 4.69) is 25.9 Å². The lowest BCUT2D eigenvalue weighted by Gasteiger charge is -2.21. The number of hydrogen-bond acceptors (Lipinski definition) is 7. The number of fused-ring (bicyclic) bond motifs is 1. The van der Waals surface area contributed by atoms with Crippen molar-refractivity contribution in [3.63, 3.8) is 0 Å². The molecule has 10 heteroatoms. The van der Waals surface area contributed by atoms with Crippen molar-refractivity contribution >= 4 is 40.7 Å². The lowest BCUT2D eigenvalue weighted by atomic mass is 9.99. The molecule has 3 aromatic rings. The summed E-state index contributed by atoms with van der Waals surface area (Å²) >= 11 is 1.50. The molecule has 1 atom stereocenters. The molecule has 0 saturated heterocycles. The van der Waals surface area contributed by atoms with Crippen LogP contribution in [-0.4, -0.2) is 39.3 Å². The maximum Gasteiger partial charge on any atom is 0.265 e.